The number of alkyl carbamates (subject to hydrolysis) is 1. The van der Waals surface area contributed by atoms with Gasteiger partial charge < -0.3 is 15.0 Å². The van der Waals surface area contributed by atoms with Gasteiger partial charge in [0.15, 0.2) is 0 Å². The van der Waals surface area contributed by atoms with Crippen molar-refractivity contribution >= 4 is 12.0 Å². The Morgan fingerprint density at radius 3 is 2.67 bits per heavy atom. The Kier molecular flexibility index (Phi) is 3.78. The Bertz CT molecular complexity index is 772. The van der Waals surface area contributed by atoms with Crippen LogP contribution < -0.4 is 5.32 Å². The normalized spacial score (nSPS) is 36.4. The van der Waals surface area contributed by atoms with Crippen molar-refractivity contribution in [3.05, 3.63) is 35.4 Å². The lowest BCUT2D eigenvalue weighted by atomic mass is 9.68. The zero-order valence-corrected chi connectivity index (χ0v) is 16.1. The van der Waals surface area contributed by atoms with E-state index in [4.69, 9.17) is 4.74 Å². The lowest BCUT2D eigenvalue weighted by molar-refractivity contribution is -0.140. The lowest BCUT2D eigenvalue weighted by Gasteiger charge is -2.43. The molecule has 5 heteroatoms. The average molecular weight is 368 g/mol. The van der Waals surface area contributed by atoms with Crippen molar-refractivity contribution in [2.75, 3.05) is 19.7 Å². The van der Waals surface area contributed by atoms with Crippen LogP contribution >= 0.6 is 0 Å². The molecule has 1 N–H and O–H groups in total. The van der Waals surface area contributed by atoms with Gasteiger partial charge in [0.1, 0.15) is 6.61 Å². The van der Waals surface area contributed by atoms with E-state index < -0.39 is 0 Å². The topological polar surface area (TPSA) is 58.6 Å². The molecule has 1 spiro atoms. The third-order valence-electron chi connectivity index (χ3n) is 6.96. The van der Waals surface area contributed by atoms with E-state index in [0.717, 1.165) is 32.4 Å². The molecule has 1 aromatic carbocycles. The van der Waals surface area contributed by atoms with Gasteiger partial charge in [-0.2, -0.15) is 0 Å². The second kappa shape index (κ2) is 5.98. The van der Waals surface area contributed by atoms with Crippen LogP contribution in [0.15, 0.2) is 24.3 Å². The molecule has 144 valence electrons. The molecule has 2 amide bonds. The summed E-state index contributed by atoms with van der Waals surface area (Å²) in [6.45, 7) is 6.73. The van der Waals surface area contributed by atoms with Crippen molar-refractivity contribution in [3.8, 4) is 0 Å². The maximum Gasteiger partial charge on any atom is 0.407 e. The van der Waals surface area contributed by atoms with Crippen LogP contribution in [0.3, 0.4) is 0 Å². The van der Waals surface area contributed by atoms with Crippen LogP contribution in [0.25, 0.3) is 0 Å². The second-order valence-corrected chi connectivity index (χ2v) is 9.53. The standard InChI is InChI=1S/C22H28N2O3/c1-13(2)6-14-4-3-5-15(7-14)19-17-10-24(11-18(17)19)20(25)16-8-22(9-16)12-27-21(26)23-22/h3-5,7,13,16-19H,6,8-12H2,1-2H3,(H,23,26)/t16?,17-,18+,19?,22?. The number of cyclic esters (lactones) is 1. The minimum Gasteiger partial charge on any atom is -0.447 e. The number of amides is 2. The molecule has 1 aromatic rings. The van der Waals surface area contributed by atoms with E-state index in [1.54, 1.807) is 0 Å². The van der Waals surface area contributed by atoms with E-state index >= 15 is 0 Å². The number of ether oxygens (including phenoxy) is 1. The van der Waals surface area contributed by atoms with Gasteiger partial charge in [-0.25, -0.2) is 4.79 Å². The summed E-state index contributed by atoms with van der Waals surface area (Å²) in [4.78, 5) is 26.1. The number of nitrogens with one attached hydrogen (secondary N) is 1. The first-order valence-corrected chi connectivity index (χ1v) is 10.3. The number of likely N-dealkylation sites (tertiary alicyclic amines) is 1. The second-order valence-electron chi connectivity index (χ2n) is 9.53. The predicted molar refractivity (Wildman–Crippen MR) is 101 cm³/mol. The zero-order valence-electron chi connectivity index (χ0n) is 16.1. The first-order valence-electron chi connectivity index (χ1n) is 10.3. The van der Waals surface area contributed by atoms with Crippen LogP contribution in [-0.2, 0) is 16.0 Å². The molecule has 2 heterocycles. The highest BCUT2D eigenvalue weighted by atomic mass is 16.6. The maximum absolute atomic E-state index is 12.8. The Morgan fingerprint density at radius 1 is 1.30 bits per heavy atom. The van der Waals surface area contributed by atoms with Crippen LogP contribution in [-0.4, -0.2) is 42.1 Å². The Hall–Kier alpha value is -2.04. The lowest BCUT2D eigenvalue weighted by Crippen LogP contribution is -2.58. The third-order valence-corrected chi connectivity index (χ3v) is 6.96. The first kappa shape index (κ1) is 17.1. The molecule has 3 atom stereocenters. The fourth-order valence-corrected chi connectivity index (χ4v) is 5.63. The summed E-state index contributed by atoms with van der Waals surface area (Å²) in [5.74, 6) is 2.90. The molecule has 5 nitrogen and oxygen atoms in total. The number of piperidine rings is 1. The molecule has 2 aliphatic carbocycles. The van der Waals surface area contributed by atoms with Gasteiger partial charge in [-0.1, -0.05) is 38.1 Å². The van der Waals surface area contributed by atoms with E-state index in [9.17, 15) is 9.59 Å². The minimum absolute atomic E-state index is 0.0531. The van der Waals surface area contributed by atoms with Crippen LogP contribution in [0.4, 0.5) is 4.79 Å². The van der Waals surface area contributed by atoms with Crippen molar-refractivity contribution in [1.82, 2.24) is 10.2 Å². The Morgan fingerprint density at radius 2 is 2.04 bits per heavy atom. The first-order chi connectivity index (χ1) is 12.9. The quantitative estimate of drug-likeness (QED) is 0.889. The molecular formula is C22H28N2O3. The highest BCUT2D eigenvalue weighted by molar-refractivity contribution is 5.82. The van der Waals surface area contributed by atoms with E-state index in [1.165, 1.54) is 11.1 Å². The Balaban J connectivity index is 1.16. The summed E-state index contributed by atoms with van der Waals surface area (Å²) < 4.78 is 5.01. The van der Waals surface area contributed by atoms with Crippen molar-refractivity contribution in [3.63, 3.8) is 0 Å². The highest BCUT2D eigenvalue weighted by Crippen LogP contribution is 2.58. The summed E-state index contributed by atoms with van der Waals surface area (Å²) >= 11 is 0. The van der Waals surface area contributed by atoms with Crippen LogP contribution in [0.2, 0.25) is 0 Å². The van der Waals surface area contributed by atoms with E-state index in [1.807, 2.05) is 0 Å². The summed E-state index contributed by atoms with van der Waals surface area (Å²) in [7, 11) is 0. The molecule has 0 aromatic heterocycles. The number of hydrogen-bond acceptors (Lipinski definition) is 3. The van der Waals surface area contributed by atoms with Gasteiger partial charge in [-0.3, -0.25) is 4.79 Å². The number of rotatable bonds is 4. The molecule has 2 aliphatic heterocycles. The van der Waals surface area contributed by atoms with Gasteiger partial charge >= 0.3 is 6.09 Å². The minimum atomic E-state index is -0.342. The third kappa shape index (κ3) is 2.91. The van der Waals surface area contributed by atoms with E-state index in [-0.39, 0.29) is 23.5 Å². The van der Waals surface area contributed by atoms with Gasteiger partial charge in [0.2, 0.25) is 5.91 Å². The number of benzene rings is 1. The average Bonchev–Trinajstić information content (AvgIpc) is 2.92. The highest BCUT2D eigenvalue weighted by Gasteiger charge is 2.59. The van der Waals surface area contributed by atoms with Crippen molar-refractivity contribution < 1.29 is 14.3 Å². The van der Waals surface area contributed by atoms with Crippen LogP contribution in [0.1, 0.15) is 43.7 Å². The van der Waals surface area contributed by atoms with Crippen molar-refractivity contribution in [2.24, 2.45) is 23.7 Å². The fraction of sp³-hybridized carbons (Fsp3) is 0.636. The molecule has 4 fully saturated rings. The van der Waals surface area contributed by atoms with Crippen molar-refractivity contribution in [1.29, 1.82) is 0 Å². The molecule has 1 unspecified atom stereocenters. The molecule has 0 bridgehead atoms. The van der Waals surface area contributed by atoms with Gasteiger partial charge in [0, 0.05) is 19.0 Å². The zero-order chi connectivity index (χ0) is 18.8. The summed E-state index contributed by atoms with van der Waals surface area (Å²) in [5, 5.41) is 2.88. The number of carbonyl (C=O) groups excluding carboxylic acids is 2. The summed E-state index contributed by atoms with van der Waals surface area (Å²) in [6, 6.07) is 9.07. The predicted octanol–water partition coefficient (Wildman–Crippen LogP) is 2.95. The summed E-state index contributed by atoms with van der Waals surface area (Å²) in [6.07, 6.45) is 2.24. The molecule has 2 saturated carbocycles. The fourth-order valence-electron chi connectivity index (χ4n) is 5.63. The van der Waals surface area contributed by atoms with Gasteiger partial charge in [-0.05, 0) is 54.1 Å². The number of carbonyl (C=O) groups is 2. The molecule has 27 heavy (non-hydrogen) atoms. The SMILES string of the molecule is CC(C)Cc1cccc(C2[C@H]3CN(C(=O)C4CC5(COC(=O)N5)C4)C[C@@H]23)c1. The molecule has 0 radical (unpaired) electrons. The largest absolute Gasteiger partial charge is 0.447 e. The van der Waals surface area contributed by atoms with Crippen LogP contribution in [0.5, 0.6) is 0 Å². The monoisotopic (exact) mass is 368 g/mol. The number of fused-ring (bicyclic) bond motifs is 1. The molecule has 4 aliphatic rings. The van der Waals surface area contributed by atoms with E-state index in [0.29, 0.717) is 30.3 Å². The number of nitrogens with zero attached hydrogens (tertiary/aromatic N) is 1. The number of hydrogen-bond donors (Lipinski definition) is 1. The van der Waals surface area contributed by atoms with Gasteiger partial charge in [0.25, 0.3) is 0 Å². The Labute approximate surface area is 160 Å². The van der Waals surface area contributed by atoms with Gasteiger partial charge in [0.05, 0.1) is 5.54 Å². The van der Waals surface area contributed by atoms with Crippen LogP contribution in [0, 0.1) is 23.7 Å². The molecular weight excluding hydrogens is 340 g/mol. The summed E-state index contributed by atoms with van der Waals surface area (Å²) in [5.41, 5.74) is 2.63. The molecule has 5 rings (SSSR count). The van der Waals surface area contributed by atoms with Gasteiger partial charge in [-0.15, -0.1) is 0 Å². The molecule has 2 saturated heterocycles. The van der Waals surface area contributed by atoms with E-state index in [2.05, 4.69) is 48.3 Å². The smallest absolute Gasteiger partial charge is 0.407 e. The van der Waals surface area contributed by atoms with Crippen molar-refractivity contribution in [2.45, 2.75) is 44.6 Å². The maximum atomic E-state index is 12.8.